The third-order valence-electron chi connectivity index (χ3n) is 16.1. The Kier molecular flexibility index (Phi) is 10.5. The maximum Gasteiger partial charge on any atom is 0.335 e. The van der Waals surface area contributed by atoms with Crippen molar-refractivity contribution in [2.24, 2.45) is 56.7 Å². The molecule has 1 aromatic rings. The third kappa shape index (κ3) is 6.18. The highest BCUT2D eigenvalue weighted by Gasteiger charge is 2.71. The first kappa shape index (κ1) is 38.7. The molecule has 4 saturated carbocycles. The molecular weight excluding hydrogens is 651 g/mol. The van der Waals surface area contributed by atoms with Gasteiger partial charge >= 0.3 is 11.9 Å². The van der Waals surface area contributed by atoms with E-state index in [1.165, 1.54) is 17.6 Å². The standard InChI is InChI=1S/C44H65N3O5/c1-28(27-45-25-26-47(7)8)31-15-21-44(39(52)46-24-18-36(48)49)23-22-42(5)33(37(31)44)13-14-35-41(4)19-16-32(29-9-11-30(12-10-29)38(50)51)40(2,3)34(41)17-20-43(35,42)6/h9-12,16,31,33-35,37,45H,1,13-15,17-27H2,2-8H3,(H,46,52)(H,48,49)(H,50,51)/t31-,33+,34-,35+,37+,41-,42+,43+,44-/m0/s1. The number of carboxylic acid groups (broad SMARTS) is 2. The topological polar surface area (TPSA) is 119 Å². The van der Waals surface area contributed by atoms with Gasteiger partial charge in [0.15, 0.2) is 0 Å². The van der Waals surface area contributed by atoms with Gasteiger partial charge < -0.3 is 25.7 Å². The second-order valence-corrected chi connectivity index (χ2v) is 19.0. The Morgan fingerprint density at radius 3 is 2.23 bits per heavy atom. The van der Waals surface area contributed by atoms with Crippen LogP contribution in [0.3, 0.4) is 0 Å². The minimum Gasteiger partial charge on any atom is -0.481 e. The summed E-state index contributed by atoms with van der Waals surface area (Å²) >= 11 is 0. The van der Waals surface area contributed by atoms with Crippen molar-refractivity contribution in [3.8, 4) is 0 Å². The van der Waals surface area contributed by atoms with Crippen LogP contribution >= 0.6 is 0 Å². The zero-order valence-corrected chi connectivity index (χ0v) is 32.9. The average molecular weight is 716 g/mol. The Morgan fingerprint density at radius 1 is 0.865 bits per heavy atom. The minimum absolute atomic E-state index is 0.0551. The SMILES string of the molecule is C=C(CNCCN(C)C)[C@@H]1CC[C@]2(C(=O)NCCC(=O)O)CC[C@]3(C)[C@H](CC[C@@H]4[C@@]5(C)CC=C(c6ccc(C(=O)O)cc6)C(C)(C)[C@@H]5CC[C@]43C)[C@@H]12. The first-order chi connectivity index (χ1) is 24.4. The number of nitrogens with one attached hydrogen (secondary N) is 2. The minimum atomic E-state index is -0.893. The molecule has 4 fully saturated rings. The summed E-state index contributed by atoms with van der Waals surface area (Å²) in [5.41, 5.74) is 3.81. The molecule has 0 saturated heterocycles. The molecule has 0 spiro atoms. The lowest BCUT2D eigenvalue weighted by molar-refractivity contribution is -0.225. The molecule has 52 heavy (non-hydrogen) atoms. The van der Waals surface area contributed by atoms with Crippen LogP contribution < -0.4 is 10.6 Å². The van der Waals surface area contributed by atoms with Gasteiger partial charge in [-0.15, -0.1) is 0 Å². The summed E-state index contributed by atoms with van der Waals surface area (Å²) in [6.45, 7) is 20.1. The molecule has 5 aliphatic rings. The summed E-state index contributed by atoms with van der Waals surface area (Å²) in [4.78, 5) is 39.5. The van der Waals surface area contributed by atoms with E-state index in [0.29, 0.717) is 23.3 Å². The van der Waals surface area contributed by atoms with E-state index in [9.17, 15) is 24.6 Å². The van der Waals surface area contributed by atoms with E-state index < -0.39 is 17.4 Å². The van der Waals surface area contributed by atoms with Crippen molar-refractivity contribution < 1.29 is 24.6 Å². The summed E-state index contributed by atoms with van der Waals surface area (Å²) in [5, 5.41) is 25.6. The first-order valence-corrected chi connectivity index (χ1v) is 20.0. The Hall–Kier alpha value is -2.97. The highest BCUT2D eigenvalue weighted by Crippen LogP contribution is 2.77. The number of aliphatic carboxylic acids is 1. The molecule has 1 aromatic carbocycles. The van der Waals surface area contributed by atoms with Crippen molar-refractivity contribution >= 4 is 23.4 Å². The molecule has 0 aliphatic heterocycles. The Morgan fingerprint density at radius 2 is 1.58 bits per heavy atom. The third-order valence-corrected chi connectivity index (χ3v) is 16.1. The highest BCUT2D eigenvalue weighted by atomic mass is 16.4. The van der Waals surface area contributed by atoms with Gasteiger partial charge in [0.25, 0.3) is 0 Å². The summed E-state index contributed by atoms with van der Waals surface area (Å²) in [6, 6.07) is 7.47. The van der Waals surface area contributed by atoms with E-state index in [1.54, 1.807) is 12.1 Å². The summed E-state index contributed by atoms with van der Waals surface area (Å²) < 4.78 is 0. The van der Waals surface area contributed by atoms with Crippen LogP contribution in [0, 0.1) is 56.7 Å². The van der Waals surface area contributed by atoms with E-state index in [2.05, 4.69) is 76.9 Å². The maximum atomic E-state index is 14.3. The molecule has 9 atom stereocenters. The number of fused-ring (bicyclic) bond motifs is 7. The van der Waals surface area contributed by atoms with E-state index in [4.69, 9.17) is 0 Å². The Labute approximate surface area is 312 Å². The van der Waals surface area contributed by atoms with Crippen LogP contribution in [0.25, 0.3) is 5.57 Å². The number of hydrogen-bond donors (Lipinski definition) is 4. The van der Waals surface area contributed by atoms with Gasteiger partial charge in [-0.05, 0) is 146 Å². The number of aromatic carboxylic acids is 1. The van der Waals surface area contributed by atoms with Crippen molar-refractivity contribution in [1.29, 1.82) is 0 Å². The molecule has 0 aromatic heterocycles. The number of carboxylic acids is 2. The number of carbonyl (C=O) groups is 3. The Bertz CT molecular complexity index is 1600. The molecule has 0 unspecified atom stereocenters. The normalized spacial score (nSPS) is 37.5. The predicted octanol–water partition coefficient (Wildman–Crippen LogP) is 7.76. The highest BCUT2D eigenvalue weighted by molar-refractivity contribution is 5.88. The lowest BCUT2D eigenvalue weighted by Crippen LogP contribution is -2.66. The number of nitrogens with zero attached hydrogens (tertiary/aromatic N) is 1. The molecule has 1 amide bonds. The number of likely N-dealkylation sites (N-methyl/N-ethyl adjacent to an activating group) is 1. The fourth-order valence-corrected chi connectivity index (χ4v) is 13.5. The number of benzene rings is 1. The predicted molar refractivity (Wildman–Crippen MR) is 207 cm³/mol. The van der Waals surface area contributed by atoms with E-state index >= 15 is 0 Å². The second-order valence-electron chi connectivity index (χ2n) is 19.0. The van der Waals surface area contributed by atoms with Gasteiger partial charge in [-0.1, -0.05) is 65.0 Å². The largest absolute Gasteiger partial charge is 0.481 e. The van der Waals surface area contributed by atoms with Gasteiger partial charge in [-0.2, -0.15) is 0 Å². The van der Waals surface area contributed by atoms with Gasteiger partial charge in [0, 0.05) is 26.2 Å². The number of carbonyl (C=O) groups excluding carboxylic acids is 1. The molecule has 5 aliphatic carbocycles. The van der Waals surface area contributed by atoms with E-state index in [-0.39, 0.29) is 52.4 Å². The zero-order valence-electron chi connectivity index (χ0n) is 32.9. The van der Waals surface area contributed by atoms with E-state index in [0.717, 1.165) is 76.6 Å². The van der Waals surface area contributed by atoms with Crippen molar-refractivity contribution in [3.05, 3.63) is 53.6 Å². The van der Waals surface area contributed by atoms with Crippen LogP contribution in [0.5, 0.6) is 0 Å². The molecule has 8 heteroatoms. The van der Waals surface area contributed by atoms with Crippen molar-refractivity contribution in [1.82, 2.24) is 15.5 Å². The van der Waals surface area contributed by atoms with Crippen molar-refractivity contribution in [2.45, 2.75) is 98.8 Å². The monoisotopic (exact) mass is 715 g/mol. The molecule has 0 heterocycles. The quantitative estimate of drug-likeness (QED) is 0.129. The number of allylic oxidation sites excluding steroid dienone is 2. The van der Waals surface area contributed by atoms with Crippen molar-refractivity contribution in [2.75, 3.05) is 40.3 Å². The van der Waals surface area contributed by atoms with Crippen LogP contribution in [-0.4, -0.2) is 73.2 Å². The first-order valence-electron chi connectivity index (χ1n) is 20.0. The average Bonchev–Trinajstić information content (AvgIpc) is 3.47. The maximum absolute atomic E-state index is 14.3. The molecule has 286 valence electrons. The fraction of sp³-hybridized carbons (Fsp3) is 0.705. The molecule has 6 rings (SSSR count). The van der Waals surface area contributed by atoms with Crippen LogP contribution in [-0.2, 0) is 9.59 Å². The summed E-state index contributed by atoms with van der Waals surface area (Å²) in [6.07, 6.45) is 11.7. The van der Waals surface area contributed by atoms with Crippen LogP contribution in [0.4, 0.5) is 0 Å². The molecule has 8 nitrogen and oxygen atoms in total. The second kappa shape index (κ2) is 14.0. The lowest BCUT2D eigenvalue weighted by atomic mass is 9.32. The van der Waals surface area contributed by atoms with Crippen molar-refractivity contribution in [3.63, 3.8) is 0 Å². The van der Waals surface area contributed by atoms with Gasteiger partial charge in [0.1, 0.15) is 0 Å². The number of amides is 1. The van der Waals surface area contributed by atoms with Crippen LogP contribution in [0.1, 0.15) is 115 Å². The smallest absolute Gasteiger partial charge is 0.335 e. The molecule has 0 radical (unpaired) electrons. The zero-order chi connectivity index (χ0) is 37.9. The molecular formula is C44H65N3O5. The van der Waals surface area contributed by atoms with Gasteiger partial charge in [-0.3, -0.25) is 9.59 Å². The number of rotatable bonds is 12. The molecule has 0 bridgehead atoms. The summed E-state index contributed by atoms with van der Waals surface area (Å²) in [7, 11) is 4.17. The van der Waals surface area contributed by atoms with Crippen LogP contribution in [0.15, 0.2) is 42.5 Å². The van der Waals surface area contributed by atoms with Crippen LogP contribution in [0.2, 0.25) is 0 Å². The van der Waals surface area contributed by atoms with E-state index in [1.807, 2.05) is 12.1 Å². The van der Waals surface area contributed by atoms with Gasteiger partial charge in [-0.25, -0.2) is 4.79 Å². The summed E-state index contributed by atoms with van der Waals surface area (Å²) in [5.74, 6) is 0.219. The number of hydrogen-bond acceptors (Lipinski definition) is 5. The molecule has 4 N–H and O–H groups in total. The van der Waals surface area contributed by atoms with Gasteiger partial charge in [0.2, 0.25) is 5.91 Å². The van der Waals surface area contributed by atoms with Gasteiger partial charge in [0.05, 0.1) is 17.4 Å². The Balaban J connectivity index is 1.31. The lowest BCUT2D eigenvalue weighted by Gasteiger charge is -2.72. The fourth-order valence-electron chi connectivity index (χ4n) is 13.5.